The maximum Gasteiger partial charge on any atom is 0.330 e. The van der Waals surface area contributed by atoms with Gasteiger partial charge in [0.1, 0.15) is 12.6 Å². The molecule has 0 saturated heterocycles. The summed E-state index contributed by atoms with van der Waals surface area (Å²) < 4.78 is 79.4. The lowest BCUT2D eigenvalue weighted by molar-refractivity contribution is -0.387. The minimum atomic E-state index is -4.75. The van der Waals surface area contributed by atoms with Crippen molar-refractivity contribution in [1.82, 2.24) is 4.72 Å². The first kappa shape index (κ1) is 21.7. The Morgan fingerprint density at radius 2 is 1.92 bits per heavy atom. The number of benzene rings is 1. The summed E-state index contributed by atoms with van der Waals surface area (Å²) in [5, 5.41) is 19.8. The molecule has 0 aliphatic rings. The maximum absolute atomic E-state index is 12.7. The monoisotopic (exact) mass is 404 g/mol. The Balaban J connectivity index is 2.94. The highest BCUT2D eigenvalue weighted by atomic mass is 32.2. The highest BCUT2D eigenvalue weighted by Crippen LogP contribution is 2.24. The zero-order chi connectivity index (χ0) is 20.1. The number of carboxylic acid groups (broad SMARTS) is 1. The third-order valence-electron chi connectivity index (χ3n) is 2.85. The highest BCUT2D eigenvalue weighted by Gasteiger charge is 2.41. The SMILES string of the molecule is O=C(O)[C@H](COCC(F)(F)C(F)F)NS(=O)(=O)c1ccccc1[N+](=O)[O-]. The number of hydrogen-bond acceptors (Lipinski definition) is 6. The van der Waals surface area contributed by atoms with Crippen LogP contribution in [-0.4, -0.2) is 56.0 Å². The van der Waals surface area contributed by atoms with Crippen molar-refractivity contribution in [2.45, 2.75) is 23.3 Å². The molecule has 0 fully saturated rings. The molecule has 0 aliphatic heterocycles. The second-order valence-corrected chi connectivity index (χ2v) is 6.50. The van der Waals surface area contributed by atoms with E-state index in [0.29, 0.717) is 0 Å². The first-order chi connectivity index (χ1) is 11.9. The van der Waals surface area contributed by atoms with Gasteiger partial charge in [0.05, 0.1) is 11.5 Å². The number of rotatable bonds is 10. The molecule has 26 heavy (non-hydrogen) atoms. The van der Waals surface area contributed by atoms with Crippen molar-refractivity contribution in [3.8, 4) is 0 Å². The maximum atomic E-state index is 12.7. The van der Waals surface area contributed by atoms with Crippen LogP contribution in [-0.2, 0) is 19.6 Å². The summed E-state index contributed by atoms with van der Waals surface area (Å²) in [6.45, 7) is -3.06. The molecule has 0 aliphatic carbocycles. The van der Waals surface area contributed by atoms with E-state index in [1.54, 1.807) is 0 Å². The summed E-state index contributed by atoms with van der Waals surface area (Å²) in [6.07, 6.45) is -4.06. The van der Waals surface area contributed by atoms with Gasteiger partial charge in [0.2, 0.25) is 10.0 Å². The average molecular weight is 404 g/mol. The molecular formula is C12H12F4N2O7S. The quantitative estimate of drug-likeness (QED) is 0.340. The Morgan fingerprint density at radius 3 is 2.42 bits per heavy atom. The minimum Gasteiger partial charge on any atom is -0.480 e. The summed E-state index contributed by atoms with van der Waals surface area (Å²) in [5.41, 5.74) is -0.853. The second kappa shape index (κ2) is 8.37. The molecule has 1 aromatic rings. The number of hydrogen-bond donors (Lipinski definition) is 2. The first-order valence-electron chi connectivity index (χ1n) is 6.60. The number of nitrogens with zero attached hydrogens (tertiary/aromatic N) is 1. The molecule has 2 N–H and O–H groups in total. The number of ether oxygens (including phenoxy) is 1. The largest absolute Gasteiger partial charge is 0.480 e. The smallest absolute Gasteiger partial charge is 0.330 e. The van der Waals surface area contributed by atoms with Gasteiger partial charge < -0.3 is 9.84 Å². The molecule has 1 rings (SSSR count). The Kier molecular flexibility index (Phi) is 7.00. The van der Waals surface area contributed by atoms with Gasteiger partial charge in [0.15, 0.2) is 4.90 Å². The van der Waals surface area contributed by atoms with Crippen LogP contribution < -0.4 is 4.72 Å². The van der Waals surface area contributed by atoms with E-state index >= 15 is 0 Å². The summed E-state index contributed by atoms with van der Waals surface area (Å²) >= 11 is 0. The number of nitrogens with one attached hydrogen (secondary N) is 1. The predicted molar refractivity (Wildman–Crippen MR) is 76.6 cm³/mol. The molecule has 0 heterocycles. The number of carboxylic acids is 1. The molecule has 1 aromatic carbocycles. The molecule has 1 atom stereocenters. The summed E-state index contributed by atoms with van der Waals surface area (Å²) in [4.78, 5) is 20.0. The lowest BCUT2D eigenvalue weighted by Crippen LogP contribution is -2.45. The van der Waals surface area contributed by atoms with Crippen LogP contribution in [0.1, 0.15) is 0 Å². The Morgan fingerprint density at radius 1 is 1.35 bits per heavy atom. The van der Waals surface area contributed by atoms with E-state index in [0.717, 1.165) is 18.2 Å². The van der Waals surface area contributed by atoms with Gasteiger partial charge in [-0.05, 0) is 6.07 Å². The zero-order valence-electron chi connectivity index (χ0n) is 12.6. The Labute approximate surface area is 143 Å². The van der Waals surface area contributed by atoms with Gasteiger partial charge in [-0.3, -0.25) is 14.9 Å². The highest BCUT2D eigenvalue weighted by molar-refractivity contribution is 7.89. The van der Waals surface area contributed by atoms with Gasteiger partial charge in [0, 0.05) is 6.07 Å². The number of alkyl halides is 4. The van der Waals surface area contributed by atoms with Crippen molar-refractivity contribution in [2.75, 3.05) is 13.2 Å². The van der Waals surface area contributed by atoms with E-state index in [2.05, 4.69) is 4.74 Å². The van der Waals surface area contributed by atoms with Crippen LogP contribution in [0, 0.1) is 10.1 Å². The van der Waals surface area contributed by atoms with Gasteiger partial charge in [-0.25, -0.2) is 17.2 Å². The number of aliphatic carboxylic acids is 1. The summed E-state index contributed by atoms with van der Waals surface area (Å²) in [6, 6.07) is 1.83. The molecule has 0 bridgehead atoms. The lowest BCUT2D eigenvalue weighted by Gasteiger charge is -2.18. The molecule has 146 valence electrons. The zero-order valence-corrected chi connectivity index (χ0v) is 13.5. The predicted octanol–water partition coefficient (Wildman–Crippen LogP) is 1.24. The summed E-state index contributed by atoms with van der Waals surface area (Å²) in [5.74, 6) is -6.42. The van der Waals surface area contributed by atoms with Crippen molar-refractivity contribution < 1.29 is 45.5 Å². The van der Waals surface area contributed by atoms with Gasteiger partial charge >= 0.3 is 18.3 Å². The summed E-state index contributed by atoms with van der Waals surface area (Å²) in [7, 11) is -4.75. The molecule has 0 saturated carbocycles. The van der Waals surface area contributed by atoms with E-state index in [4.69, 9.17) is 5.11 Å². The standard InChI is InChI=1S/C12H12F4N2O7S/c13-11(14)12(15,16)6-25-5-7(10(19)20)17-26(23,24)9-4-2-1-3-8(9)18(21)22/h1-4,7,11,17H,5-6H2,(H,19,20)/t7-/m0/s1. The van der Waals surface area contributed by atoms with Crippen LogP contribution in [0.2, 0.25) is 0 Å². The molecule has 0 unspecified atom stereocenters. The second-order valence-electron chi connectivity index (χ2n) is 4.81. The molecule has 0 spiro atoms. The van der Waals surface area contributed by atoms with Crippen molar-refractivity contribution >= 4 is 21.7 Å². The fourth-order valence-electron chi connectivity index (χ4n) is 1.62. The number of halogens is 4. The lowest BCUT2D eigenvalue weighted by atomic mass is 10.3. The van der Waals surface area contributed by atoms with Crippen LogP contribution in [0.4, 0.5) is 23.2 Å². The van der Waals surface area contributed by atoms with Crippen LogP contribution in [0.3, 0.4) is 0 Å². The number of nitro benzene ring substituents is 1. The Bertz CT molecular complexity index is 773. The van der Waals surface area contributed by atoms with E-state index in [-0.39, 0.29) is 0 Å². The van der Waals surface area contributed by atoms with Crippen molar-refractivity contribution in [3.05, 3.63) is 34.4 Å². The molecule has 0 amide bonds. The molecule has 9 nitrogen and oxygen atoms in total. The van der Waals surface area contributed by atoms with Crippen LogP contribution in [0.5, 0.6) is 0 Å². The van der Waals surface area contributed by atoms with Crippen LogP contribution in [0.15, 0.2) is 29.2 Å². The number of para-hydroxylation sites is 1. The van der Waals surface area contributed by atoms with E-state index in [9.17, 15) is 40.9 Å². The molecule has 14 heteroatoms. The van der Waals surface area contributed by atoms with Crippen molar-refractivity contribution in [2.24, 2.45) is 0 Å². The van der Waals surface area contributed by atoms with E-state index in [1.165, 1.54) is 10.8 Å². The van der Waals surface area contributed by atoms with Crippen molar-refractivity contribution in [3.63, 3.8) is 0 Å². The molecular weight excluding hydrogens is 392 g/mol. The topological polar surface area (TPSA) is 136 Å². The molecule has 0 radical (unpaired) electrons. The van der Waals surface area contributed by atoms with Crippen LogP contribution in [0.25, 0.3) is 0 Å². The first-order valence-corrected chi connectivity index (χ1v) is 8.09. The fourth-order valence-corrected chi connectivity index (χ4v) is 2.96. The van der Waals surface area contributed by atoms with Crippen LogP contribution >= 0.6 is 0 Å². The third kappa shape index (κ3) is 5.60. The van der Waals surface area contributed by atoms with Gasteiger partial charge in [-0.1, -0.05) is 12.1 Å². The number of nitro groups is 1. The Hall–Kier alpha value is -2.32. The normalized spacial score (nSPS) is 13.6. The fraction of sp³-hybridized carbons (Fsp3) is 0.417. The minimum absolute atomic E-state index is 0.825. The van der Waals surface area contributed by atoms with E-state index in [1.807, 2.05) is 0 Å². The average Bonchev–Trinajstić information content (AvgIpc) is 2.53. The van der Waals surface area contributed by atoms with E-state index < -0.39 is 63.1 Å². The van der Waals surface area contributed by atoms with Crippen molar-refractivity contribution in [1.29, 1.82) is 0 Å². The van der Waals surface area contributed by atoms with Gasteiger partial charge in [-0.15, -0.1) is 0 Å². The third-order valence-corrected chi connectivity index (χ3v) is 4.36. The van der Waals surface area contributed by atoms with Gasteiger partial charge in [-0.2, -0.15) is 13.5 Å². The van der Waals surface area contributed by atoms with Gasteiger partial charge in [0.25, 0.3) is 5.69 Å². The number of carbonyl (C=O) groups is 1. The molecule has 0 aromatic heterocycles. The number of sulfonamides is 1.